The Kier molecular flexibility index (Phi) is 2.07. The summed E-state index contributed by atoms with van der Waals surface area (Å²) in [4.78, 5) is 12.7. The lowest BCUT2D eigenvalue weighted by atomic mass is 10.2. The molecule has 0 fully saturated rings. The van der Waals surface area contributed by atoms with Crippen LogP contribution in [0.5, 0.6) is 5.75 Å². The SMILES string of the molecule is Cc1c[nH]c(C(F)(F)F)c(O)c1=O. The van der Waals surface area contributed by atoms with Gasteiger partial charge in [0.05, 0.1) is 0 Å². The molecule has 0 saturated heterocycles. The summed E-state index contributed by atoms with van der Waals surface area (Å²) in [6.07, 6.45) is -3.83. The summed E-state index contributed by atoms with van der Waals surface area (Å²) in [6.45, 7) is 1.30. The Hall–Kier alpha value is -1.46. The Morgan fingerprint density at radius 1 is 1.46 bits per heavy atom. The van der Waals surface area contributed by atoms with Gasteiger partial charge in [0.1, 0.15) is 0 Å². The summed E-state index contributed by atoms with van der Waals surface area (Å²) in [5.74, 6) is -1.28. The van der Waals surface area contributed by atoms with Gasteiger partial charge in [0, 0.05) is 11.8 Å². The first-order chi connectivity index (χ1) is 5.84. The summed E-state index contributed by atoms with van der Waals surface area (Å²) < 4.78 is 36.1. The number of pyridine rings is 1. The molecule has 0 aromatic carbocycles. The maximum Gasteiger partial charge on any atom is 0.435 e. The summed E-state index contributed by atoms with van der Waals surface area (Å²) in [5.41, 5.74) is -2.39. The van der Waals surface area contributed by atoms with E-state index in [1.807, 2.05) is 4.98 Å². The molecule has 0 aliphatic heterocycles. The van der Waals surface area contributed by atoms with Crippen molar-refractivity contribution in [1.29, 1.82) is 0 Å². The van der Waals surface area contributed by atoms with Gasteiger partial charge in [-0.15, -0.1) is 0 Å². The number of hydrogen-bond donors (Lipinski definition) is 2. The van der Waals surface area contributed by atoms with Gasteiger partial charge in [-0.1, -0.05) is 0 Å². The summed E-state index contributed by atoms with van der Waals surface area (Å²) >= 11 is 0. The molecule has 2 N–H and O–H groups in total. The molecule has 0 spiro atoms. The third kappa shape index (κ3) is 1.66. The second kappa shape index (κ2) is 2.79. The molecule has 0 aliphatic carbocycles. The van der Waals surface area contributed by atoms with E-state index in [-0.39, 0.29) is 5.56 Å². The average molecular weight is 193 g/mol. The summed E-state index contributed by atoms with van der Waals surface area (Å²) in [7, 11) is 0. The van der Waals surface area contributed by atoms with E-state index in [1.165, 1.54) is 6.92 Å². The molecule has 0 saturated carbocycles. The van der Waals surface area contributed by atoms with Crippen LogP contribution in [0.25, 0.3) is 0 Å². The second-order valence-corrected chi connectivity index (χ2v) is 2.52. The Morgan fingerprint density at radius 3 is 2.46 bits per heavy atom. The number of halogens is 3. The minimum absolute atomic E-state index is 0.0329. The molecule has 13 heavy (non-hydrogen) atoms. The molecule has 72 valence electrons. The van der Waals surface area contributed by atoms with Gasteiger partial charge < -0.3 is 10.1 Å². The average Bonchev–Trinajstić information content (AvgIpc) is 1.98. The summed E-state index contributed by atoms with van der Waals surface area (Å²) in [6, 6.07) is 0. The Balaban J connectivity index is 3.44. The molecule has 1 rings (SSSR count). The molecule has 0 atom stereocenters. The maximum absolute atomic E-state index is 12.0. The molecule has 1 heterocycles. The molecule has 3 nitrogen and oxygen atoms in total. The smallest absolute Gasteiger partial charge is 0.435 e. The fraction of sp³-hybridized carbons (Fsp3) is 0.286. The van der Waals surface area contributed by atoms with E-state index in [0.29, 0.717) is 0 Å². The van der Waals surface area contributed by atoms with Crippen LogP contribution in [0.15, 0.2) is 11.0 Å². The highest BCUT2D eigenvalue weighted by Crippen LogP contribution is 2.31. The molecule has 0 aliphatic rings. The molecule has 0 amide bonds. The molecule has 1 aromatic rings. The fourth-order valence-corrected chi connectivity index (χ4v) is 0.831. The van der Waals surface area contributed by atoms with Gasteiger partial charge in [-0.3, -0.25) is 4.79 Å². The fourth-order valence-electron chi connectivity index (χ4n) is 0.831. The Labute approximate surface area is 70.8 Å². The van der Waals surface area contributed by atoms with Crippen LogP contribution in [0.4, 0.5) is 13.2 Å². The minimum Gasteiger partial charge on any atom is -0.503 e. The van der Waals surface area contributed by atoms with Gasteiger partial charge >= 0.3 is 6.18 Å². The van der Waals surface area contributed by atoms with Gasteiger partial charge in [-0.05, 0) is 6.92 Å². The first-order valence-electron chi connectivity index (χ1n) is 3.32. The lowest BCUT2D eigenvalue weighted by molar-refractivity contribution is -0.142. The van der Waals surface area contributed by atoms with E-state index < -0.39 is 23.0 Å². The second-order valence-electron chi connectivity index (χ2n) is 2.52. The Bertz CT molecular complexity index is 380. The minimum atomic E-state index is -4.74. The lowest BCUT2D eigenvalue weighted by Crippen LogP contribution is -2.15. The highest BCUT2D eigenvalue weighted by atomic mass is 19.4. The van der Waals surface area contributed by atoms with Crippen molar-refractivity contribution in [2.24, 2.45) is 0 Å². The predicted octanol–water partition coefficient (Wildman–Crippen LogP) is 1.41. The monoisotopic (exact) mass is 193 g/mol. The van der Waals surface area contributed by atoms with Crippen LogP contribution in [0.1, 0.15) is 11.3 Å². The topological polar surface area (TPSA) is 53.1 Å². The number of aryl methyl sites for hydroxylation is 1. The van der Waals surface area contributed by atoms with Crippen LogP contribution in [-0.4, -0.2) is 10.1 Å². The van der Waals surface area contributed by atoms with Gasteiger partial charge in [0.2, 0.25) is 5.43 Å². The number of hydrogen-bond acceptors (Lipinski definition) is 2. The molecule has 0 radical (unpaired) electrons. The third-order valence-electron chi connectivity index (χ3n) is 1.53. The molecule has 0 bridgehead atoms. The van der Waals surface area contributed by atoms with Crippen LogP contribution in [-0.2, 0) is 6.18 Å². The van der Waals surface area contributed by atoms with E-state index in [9.17, 15) is 18.0 Å². The Morgan fingerprint density at radius 2 is 2.00 bits per heavy atom. The van der Waals surface area contributed by atoms with Crippen LogP contribution >= 0.6 is 0 Å². The van der Waals surface area contributed by atoms with Crippen LogP contribution in [0, 0.1) is 6.92 Å². The number of rotatable bonds is 0. The molecule has 6 heteroatoms. The van der Waals surface area contributed by atoms with E-state index in [1.54, 1.807) is 0 Å². The zero-order valence-electron chi connectivity index (χ0n) is 6.57. The number of H-pyrrole nitrogens is 1. The zero-order valence-corrected chi connectivity index (χ0v) is 6.57. The van der Waals surface area contributed by atoms with E-state index in [4.69, 9.17) is 5.11 Å². The quantitative estimate of drug-likeness (QED) is 0.654. The number of nitrogens with one attached hydrogen (secondary N) is 1. The lowest BCUT2D eigenvalue weighted by Gasteiger charge is -2.07. The highest BCUT2D eigenvalue weighted by molar-refractivity contribution is 5.31. The van der Waals surface area contributed by atoms with Gasteiger partial charge in [0.15, 0.2) is 11.4 Å². The molecular formula is C7H6F3NO2. The first kappa shape index (κ1) is 9.63. The largest absolute Gasteiger partial charge is 0.503 e. The number of aromatic amines is 1. The van der Waals surface area contributed by atoms with Crippen molar-refractivity contribution < 1.29 is 18.3 Å². The van der Waals surface area contributed by atoms with Crippen LogP contribution in [0.2, 0.25) is 0 Å². The van der Waals surface area contributed by atoms with Crippen molar-refractivity contribution in [3.63, 3.8) is 0 Å². The first-order valence-corrected chi connectivity index (χ1v) is 3.32. The van der Waals surface area contributed by atoms with Gasteiger partial charge in [0.25, 0.3) is 0 Å². The highest BCUT2D eigenvalue weighted by Gasteiger charge is 2.36. The van der Waals surface area contributed by atoms with Crippen LogP contribution < -0.4 is 5.43 Å². The van der Waals surface area contributed by atoms with Gasteiger partial charge in [-0.25, -0.2) is 0 Å². The van der Waals surface area contributed by atoms with Gasteiger partial charge in [-0.2, -0.15) is 13.2 Å². The summed E-state index contributed by atoms with van der Waals surface area (Å²) in [5, 5.41) is 8.85. The third-order valence-corrected chi connectivity index (χ3v) is 1.53. The maximum atomic E-state index is 12.0. The van der Waals surface area contributed by atoms with E-state index in [2.05, 4.69) is 0 Å². The normalized spacial score (nSPS) is 11.7. The van der Waals surface area contributed by atoms with Crippen molar-refractivity contribution in [2.45, 2.75) is 13.1 Å². The standard InChI is InChI=1S/C7H6F3NO2/c1-3-2-11-6(7(8,9)10)5(13)4(3)12/h2,13H,1H3,(H,11,12). The van der Waals surface area contributed by atoms with E-state index in [0.717, 1.165) is 6.20 Å². The van der Waals surface area contributed by atoms with Crippen LogP contribution in [0.3, 0.4) is 0 Å². The van der Waals surface area contributed by atoms with Crippen molar-refractivity contribution in [2.75, 3.05) is 0 Å². The number of alkyl halides is 3. The molecule has 0 unspecified atom stereocenters. The van der Waals surface area contributed by atoms with Crippen molar-refractivity contribution in [3.05, 3.63) is 27.7 Å². The number of aromatic nitrogens is 1. The number of aromatic hydroxyl groups is 1. The predicted molar refractivity (Wildman–Crippen MR) is 38.5 cm³/mol. The molecular weight excluding hydrogens is 187 g/mol. The molecule has 1 aromatic heterocycles. The zero-order chi connectivity index (χ0) is 10.2. The van der Waals surface area contributed by atoms with E-state index >= 15 is 0 Å². The van der Waals surface area contributed by atoms with Crippen molar-refractivity contribution in [1.82, 2.24) is 4.98 Å². The van der Waals surface area contributed by atoms with Crippen molar-refractivity contribution in [3.8, 4) is 5.75 Å². The van der Waals surface area contributed by atoms with Crippen molar-refractivity contribution >= 4 is 0 Å².